The van der Waals surface area contributed by atoms with Crippen LogP contribution in [0.3, 0.4) is 0 Å². The second-order valence-electron chi connectivity index (χ2n) is 4.19. The van der Waals surface area contributed by atoms with Crippen LogP contribution >= 0.6 is 11.8 Å². The smallest absolute Gasteiger partial charge is 0.141 e. The fraction of sp³-hybridized carbons (Fsp3) is 0. The molecule has 1 aliphatic rings. The minimum atomic E-state index is 0.191. The molecule has 0 amide bonds. The Balaban J connectivity index is 2.16. The van der Waals surface area contributed by atoms with Crippen molar-refractivity contribution in [2.24, 2.45) is 0 Å². The molecule has 0 spiro atoms. The van der Waals surface area contributed by atoms with Crippen molar-refractivity contribution in [2.45, 2.75) is 9.79 Å². The van der Waals surface area contributed by atoms with Crippen LogP contribution in [0.2, 0.25) is 0 Å². The number of hydrogen-bond acceptors (Lipinski definition) is 4. The molecule has 2 heterocycles. The first-order valence-electron chi connectivity index (χ1n) is 5.45. The summed E-state index contributed by atoms with van der Waals surface area (Å²) in [5.41, 5.74) is 2.31. The summed E-state index contributed by atoms with van der Waals surface area (Å²) < 4.78 is 0. The summed E-state index contributed by atoms with van der Waals surface area (Å²) in [4.78, 5) is 2.11. The maximum Gasteiger partial charge on any atom is 0.141 e. The van der Waals surface area contributed by atoms with E-state index in [1.807, 2.05) is 12.1 Å². The number of benzene rings is 2. The maximum atomic E-state index is 9.80. The average Bonchev–Trinajstić information content (AvgIpc) is 2.81. The highest BCUT2D eigenvalue weighted by molar-refractivity contribution is 7.99. The quantitative estimate of drug-likeness (QED) is 0.452. The number of nitrogens with one attached hydrogen (secondary N) is 1. The molecule has 1 aromatic heterocycles. The normalized spacial score (nSPS) is 12.7. The third-order valence-corrected chi connectivity index (χ3v) is 4.24. The summed E-state index contributed by atoms with van der Waals surface area (Å²) in [6.45, 7) is 0. The van der Waals surface area contributed by atoms with Crippen LogP contribution in [0.4, 0.5) is 0 Å². The van der Waals surface area contributed by atoms with Crippen LogP contribution in [0.15, 0.2) is 40.1 Å². The zero-order valence-electron chi connectivity index (χ0n) is 9.14. The van der Waals surface area contributed by atoms with Crippen molar-refractivity contribution in [3.8, 4) is 22.8 Å². The Labute approximate surface area is 106 Å². The van der Waals surface area contributed by atoms with Crippen LogP contribution in [0, 0.1) is 0 Å². The molecular formula is C13H8N2O2S. The van der Waals surface area contributed by atoms with Crippen LogP contribution in [0.1, 0.15) is 0 Å². The van der Waals surface area contributed by atoms with E-state index in [0.717, 1.165) is 26.4 Å². The second-order valence-corrected chi connectivity index (χ2v) is 5.27. The number of rotatable bonds is 0. The summed E-state index contributed by atoms with van der Waals surface area (Å²) in [7, 11) is 0. The Hall–Kier alpha value is -2.14. The Morgan fingerprint density at radius 3 is 2.78 bits per heavy atom. The molecule has 5 heteroatoms. The van der Waals surface area contributed by atoms with Gasteiger partial charge in [0.1, 0.15) is 22.7 Å². The number of phenolic OH excluding ortho intramolecular Hbond substituents is 2. The van der Waals surface area contributed by atoms with Gasteiger partial charge in [0, 0.05) is 20.7 Å². The lowest BCUT2D eigenvalue weighted by molar-refractivity contribution is 0.475. The summed E-state index contributed by atoms with van der Waals surface area (Å²) in [5.74, 6) is 0.408. The van der Waals surface area contributed by atoms with Crippen molar-refractivity contribution in [2.75, 3.05) is 0 Å². The van der Waals surface area contributed by atoms with E-state index in [1.54, 1.807) is 30.0 Å². The van der Waals surface area contributed by atoms with Crippen molar-refractivity contribution >= 4 is 22.7 Å². The molecule has 88 valence electrons. The van der Waals surface area contributed by atoms with Crippen LogP contribution in [-0.2, 0) is 0 Å². The second kappa shape index (κ2) is 3.20. The molecule has 3 aromatic rings. The van der Waals surface area contributed by atoms with E-state index in [1.165, 1.54) is 0 Å². The summed E-state index contributed by atoms with van der Waals surface area (Å²) in [6, 6.07) is 8.80. The van der Waals surface area contributed by atoms with Gasteiger partial charge in [-0.25, -0.2) is 0 Å². The molecule has 0 fully saturated rings. The van der Waals surface area contributed by atoms with Gasteiger partial charge in [-0.2, -0.15) is 5.10 Å². The predicted molar refractivity (Wildman–Crippen MR) is 69.0 cm³/mol. The van der Waals surface area contributed by atoms with E-state index in [0.29, 0.717) is 5.52 Å². The van der Waals surface area contributed by atoms with E-state index >= 15 is 0 Å². The SMILES string of the molecule is Oc1ccc2c(c1)-c1n[nH]c3c(O)ccc(c13)S2. The summed E-state index contributed by atoms with van der Waals surface area (Å²) in [6.07, 6.45) is 0. The average molecular weight is 256 g/mol. The van der Waals surface area contributed by atoms with Crippen LogP contribution < -0.4 is 0 Å². The molecule has 18 heavy (non-hydrogen) atoms. The zero-order chi connectivity index (χ0) is 12.3. The van der Waals surface area contributed by atoms with Gasteiger partial charge in [0.15, 0.2) is 0 Å². The van der Waals surface area contributed by atoms with Crippen molar-refractivity contribution in [1.82, 2.24) is 10.2 Å². The number of nitrogens with zero attached hydrogens (tertiary/aromatic N) is 1. The highest BCUT2D eigenvalue weighted by Gasteiger charge is 2.23. The molecule has 4 rings (SSSR count). The van der Waals surface area contributed by atoms with Gasteiger partial charge in [-0.1, -0.05) is 11.8 Å². The third-order valence-electron chi connectivity index (χ3n) is 3.10. The zero-order valence-corrected chi connectivity index (χ0v) is 9.95. The Kier molecular flexibility index (Phi) is 1.75. The molecule has 0 atom stereocenters. The monoisotopic (exact) mass is 256 g/mol. The first kappa shape index (κ1) is 9.85. The minimum absolute atomic E-state index is 0.191. The van der Waals surface area contributed by atoms with Crippen LogP contribution in [0.25, 0.3) is 22.2 Å². The van der Waals surface area contributed by atoms with E-state index in [-0.39, 0.29) is 11.5 Å². The number of hydrogen-bond donors (Lipinski definition) is 3. The lowest BCUT2D eigenvalue weighted by Gasteiger charge is -2.15. The lowest BCUT2D eigenvalue weighted by atomic mass is 10.1. The van der Waals surface area contributed by atoms with E-state index in [9.17, 15) is 10.2 Å². The van der Waals surface area contributed by atoms with E-state index in [4.69, 9.17) is 0 Å². The molecule has 2 aromatic carbocycles. The van der Waals surface area contributed by atoms with E-state index < -0.39 is 0 Å². The van der Waals surface area contributed by atoms with Crippen molar-refractivity contribution in [3.63, 3.8) is 0 Å². The van der Waals surface area contributed by atoms with Gasteiger partial charge >= 0.3 is 0 Å². The van der Waals surface area contributed by atoms with Gasteiger partial charge in [-0.3, -0.25) is 5.10 Å². The van der Waals surface area contributed by atoms with Crippen molar-refractivity contribution in [3.05, 3.63) is 30.3 Å². The molecule has 0 aliphatic carbocycles. The van der Waals surface area contributed by atoms with Crippen molar-refractivity contribution < 1.29 is 10.2 Å². The predicted octanol–water partition coefficient (Wildman–Crippen LogP) is 3.11. The standard InChI is InChI=1S/C13H8N2O2S/c16-6-1-3-9-7(5-6)12-11-10(18-9)4-2-8(17)13(11)15-14-12/h1-5,16-17H,(H,14,15). The number of H-pyrrole nitrogens is 1. The number of aromatic amines is 1. The first-order chi connectivity index (χ1) is 8.74. The van der Waals surface area contributed by atoms with Crippen LogP contribution in [-0.4, -0.2) is 20.4 Å². The number of phenols is 2. The van der Waals surface area contributed by atoms with Gasteiger partial charge in [-0.15, -0.1) is 0 Å². The molecule has 0 saturated carbocycles. The Morgan fingerprint density at radius 2 is 1.89 bits per heavy atom. The fourth-order valence-corrected chi connectivity index (χ4v) is 3.35. The van der Waals surface area contributed by atoms with E-state index in [2.05, 4.69) is 10.2 Å². The van der Waals surface area contributed by atoms with Gasteiger partial charge in [0.2, 0.25) is 0 Å². The third kappa shape index (κ3) is 1.14. The lowest BCUT2D eigenvalue weighted by Crippen LogP contribution is -1.90. The highest BCUT2D eigenvalue weighted by Crippen LogP contribution is 2.49. The topological polar surface area (TPSA) is 69.1 Å². The largest absolute Gasteiger partial charge is 0.508 e. The van der Waals surface area contributed by atoms with Crippen molar-refractivity contribution in [1.29, 1.82) is 0 Å². The van der Waals surface area contributed by atoms with Gasteiger partial charge < -0.3 is 10.2 Å². The fourth-order valence-electron chi connectivity index (χ4n) is 2.28. The number of aromatic hydroxyl groups is 2. The van der Waals surface area contributed by atoms with Gasteiger partial charge in [0.25, 0.3) is 0 Å². The Bertz CT molecular complexity index is 795. The molecule has 1 aliphatic heterocycles. The molecule has 0 saturated heterocycles. The molecular weight excluding hydrogens is 248 g/mol. The van der Waals surface area contributed by atoms with Crippen LogP contribution in [0.5, 0.6) is 11.5 Å². The molecule has 3 N–H and O–H groups in total. The molecule has 0 bridgehead atoms. The molecule has 4 nitrogen and oxygen atoms in total. The molecule has 0 unspecified atom stereocenters. The number of fused-ring (bicyclic) bond motifs is 2. The first-order valence-corrected chi connectivity index (χ1v) is 6.27. The maximum absolute atomic E-state index is 9.80. The minimum Gasteiger partial charge on any atom is -0.508 e. The summed E-state index contributed by atoms with van der Waals surface area (Å²) >= 11 is 1.61. The number of aromatic nitrogens is 2. The summed E-state index contributed by atoms with van der Waals surface area (Å²) in [5, 5.41) is 27.4. The van der Waals surface area contributed by atoms with Gasteiger partial charge in [-0.05, 0) is 30.3 Å². The molecule has 0 radical (unpaired) electrons. The highest BCUT2D eigenvalue weighted by atomic mass is 32.2. The Morgan fingerprint density at radius 1 is 1.06 bits per heavy atom. The van der Waals surface area contributed by atoms with Gasteiger partial charge in [0.05, 0.1) is 0 Å².